The van der Waals surface area contributed by atoms with Crippen LogP contribution in [0.2, 0.25) is 0 Å². The topological polar surface area (TPSA) is 101 Å². The van der Waals surface area contributed by atoms with Crippen LogP contribution in [-0.4, -0.2) is 14.3 Å². The van der Waals surface area contributed by atoms with Crippen molar-refractivity contribution in [2.75, 3.05) is 10.6 Å². The van der Waals surface area contributed by atoms with Crippen LogP contribution >= 0.6 is 0 Å². The zero-order chi connectivity index (χ0) is 19.3. The summed E-state index contributed by atoms with van der Waals surface area (Å²) in [5.41, 5.74) is 3.18. The van der Waals surface area contributed by atoms with E-state index in [0.717, 1.165) is 5.69 Å². The van der Waals surface area contributed by atoms with Gasteiger partial charge in [0.15, 0.2) is 0 Å². The summed E-state index contributed by atoms with van der Waals surface area (Å²) in [4.78, 5) is 12.7. The summed E-state index contributed by atoms with van der Waals surface area (Å²) in [6.45, 7) is 0. The van der Waals surface area contributed by atoms with Crippen molar-refractivity contribution in [2.45, 2.75) is 5.75 Å². The summed E-state index contributed by atoms with van der Waals surface area (Å²) in [6.07, 6.45) is 0. The first-order valence-corrected chi connectivity index (χ1v) is 9.94. The fourth-order valence-corrected chi connectivity index (χ4v) is 3.24. The molecule has 3 aromatic rings. The van der Waals surface area contributed by atoms with Crippen molar-refractivity contribution in [1.29, 1.82) is 0 Å². The molecule has 0 saturated carbocycles. The van der Waals surface area contributed by atoms with Crippen molar-refractivity contribution >= 4 is 33.0 Å². The van der Waals surface area contributed by atoms with Gasteiger partial charge in [-0.15, -0.1) is 0 Å². The molecule has 0 atom stereocenters. The van der Waals surface area contributed by atoms with Crippen molar-refractivity contribution in [3.63, 3.8) is 0 Å². The number of sulfonamides is 1. The predicted octanol–water partition coefficient (Wildman–Crippen LogP) is 3.47. The van der Waals surface area contributed by atoms with Crippen LogP contribution in [0.25, 0.3) is 0 Å². The number of carbonyl (C=O) groups excluding carboxylic acids is 1. The summed E-state index contributed by atoms with van der Waals surface area (Å²) in [5, 5.41) is 11.1. The molecule has 0 aliphatic rings. The number of anilines is 3. The molecule has 4 N–H and O–H groups in total. The van der Waals surface area contributed by atoms with Gasteiger partial charge in [0.05, 0.1) is 17.0 Å². The molecule has 0 aliphatic heterocycles. The van der Waals surface area contributed by atoms with E-state index in [2.05, 4.69) is 10.6 Å². The monoisotopic (exact) mass is 381 g/mol. The van der Waals surface area contributed by atoms with E-state index >= 15 is 0 Å². The standard InChI is InChI=1S/C20H19N3O3S/c21-27(25,26)14-15-10-12-17(13-11-15)23-20(24)18-8-4-5-9-19(18)22-16-6-2-1-3-7-16/h1-13,22H,14H2,(H,23,24)(H2,21,25,26). The van der Waals surface area contributed by atoms with Gasteiger partial charge < -0.3 is 10.6 Å². The Kier molecular flexibility index (Phi) is 5.54. The van der Waals surface area contributed by atoms with E-state index in [1.54, 1.807) is 36.4 Å². The van der Waals surface area contributed by atoms with Crippen molar-refractivity contribution in [1.82, 2.24) is 0 Å². The van der Waals surface area contributed by atoms with Crippen molar-refractivity contribution in [2.24, 2.45) is 5.14 Å². The smallest absolute Gasteiger partial charge is 0.257 e. The molecule has 0 aliphatic carbocycles. The first kappa shape index (κ1) is 18.6. The summed E-state index contributed by atoms with van der Waals surface area (Å²) >= 11 is 0. The molecule has 3 rings (SSSR count). The molecule has 1 amide bonds. The number of hydrogen-bond acceptors (Lipinski definition) is 4. The molecule has 0 heterocycles. The number of rotatable bonds is 6. The highest BCUT2D eigenvalue weighted by Gasteiger charge is 2.12. The molecule has 6 nitrogen and oxygen atoms in total. The molecule has 138 valence electrons. The van der Waals surface area contributed by atoms with E-state index in [1.165, 1.54) is 0 Å². The van der Waals surface area contributed by atoms with Crippen LogP contribution in [0.1, 0.15) is 15.9 Å². The number of hydrogen-bond donors (Lipinski definition) is 3. The zero-order valence-electron chi connectivity index (χ0n) is 14.4. The molecule has 0 radical (unpaired) electrons. The SMILES string of the molecule is NS(=O)(=O)Cc1ccc(NC(=O)c2ccccc2Nc2ccccc2)cc1. The number of nitrogens with two attached hydrogens (primary N) is 1. The van der Waals surface area contributed by atoms with Crippen LogP contribution in [0.5, 0.6) is 0 Å². The van der Waals surface area contributed by atoms with Crippen LogP contribution in [0.15, 0.2) is 78.9 Å². The average molecular weight is 381 g/mol. The van der Waals surface area contributed by atoms with E-state index < -0.39 is 10.0 Å². The highest BCUT2D eigenvalue weighted by atomic mass is 32.2. The molecule has 3 aromatic carbocycles. The van der Waals surface area contributed by atoms with Gasteiger partial charge in [0.1, 0.15) is 0 Å². The fourth-order valence-electron chi connectivity index (χ4n) is 2.58. The van der Waals surface area contributed by atoms with Gasteiger partial charge in [-0.3, -0.25) is 4.79 Å². The minimum atomic E-state index is -3.59. The van der Waals surface area contributed by atoms with Gasteiger partial charge in [-0.1, -0.05) is 42.5 Å². The summed E-state index contributed by atoms with van der Waals surface area (Å²) < 4.78 is 22.3. The Hall–Kier alpha value is -3.16. The molecule has 27 heavy (non-hydrogen) atoms. The summed E-state index contributed by atoms with van der Waals surface area (Å²) in [7, 11) is -3.59. The maximum absolute atomic E-state index is 12.7. The number of carbonyl (C=O) groups is 1. The molecule has 0 spiro atoms. The van der Waals surface area contributed by atoms with Gasteiger partial charge in [-0.25, -0.2) is 13.6 Å². The largest absolute Gasteiger partial charge is 0.355 e. The van der Waals surface area contributed by atoms with E-state index in [-0.39, 0.29) is 11.7 Å². The molecule has 0 fully saturated rings. The molecule has 0 unspecified atom stereocenters. The van der Waals surface area contributed by atoms with E-state index in [4.69, 9.17) is 5.14 Å². The first-order valence-electron chi connectivity index (χ1n) is 8.22. The highest BCUT2D eigenvalue weighted by molar-refractivity contribution is 7.88. The van der Waals surface area contributed by atoms with Gasteiger partial charge >= 0.3 is 0 Å². The second-order valence-corrected chi connectivity index (χ2v) is 7.61. The summed E-state index contributed by atoms with van der Waals surface area (Å²) in [6, 6.07) is 23.3. The van der Waals surface area contributed by atoms with Gasteiger partial charge in [-0.05, 0) is 42.0 Å². The maximum Gasteiger partial charge on any atom is 0.257 e. The predicted molar refractivity (Wildman–Crippen MR) is 107 cm³/mol. The molecule has 0 saturated heterocycles. The lowest BCUT2D eigenvalue weighted by molar-refractivity contribution is 0.102. The van der Waals surface area contributed by atoms with E-state index in [9.17, 15) is 13.2 Å². The normalized spacial score (nSPS) is 11.0. The average Bonchev–Trinajstić information content (AvgIpc) is 2.63. The number of nitrogens with one attached hydrogen (secondary N) is 2. The third-order valence-electron chi connectivity index (χ3n) is 3.80. The second kappa shape index (κ2) is 8.03. The van der Waals surface area contributed by atoms with Crippen LogP contribution in [0.3, 0.4) is 0 Å². The number of amides is 1. The number of primary sulfonamides is 1. The third-order valence-corrected chi connectivity index (χ3v) is 4.54. The molecule has 0 aromatic heterocycles. The van der Waals surface area contributed by atoms with Crippen molar-refractivity contribution in [3.05, 3.63) is 90.0 Å². The molecular weight excluding hydrogens is 362 g/mol. The Bertz CT molecular complexity index is 1030. The van der Waals surface area contributed by atoms with Crippen molar-refractivity contribution < 1.29 is 13.2 Å². The molecule has 7 heteroatoms. The minimum Gasteiger partial charge on any atom is -0.355 e. The van der Waals surface area contributed by atoms with Gasteiger partial charge in [0.25, 0.3) is 5.91 Å². The Labute approximate surface area is 158 Å². The van der Waals surface area contributed by atoms with Crippen LogP contribution in [-0.2, 0) is 15.8 Å². The second-order valence-electron chi connectivity index (χ2n) is 5.99. The highest BCUT2D eigenvalue weighted by Crippen LogP contribution is 2.22. The Balaban J connectivity index is 1.75. The Morgan fingerprint density at radius 2 is 1.44 bits per heavy atom. The van der Waals surface area contributed by atoms with E-state index in [1.807, 2.05) is 42.5 Å². The lowest BCUT2D eigenvalue weighted by Gasteiger charge is -2.12. The summed E-state index contributed by atoms with van der Waals surface area (Å²) in [5.74, 6) is -0.515. The zero-order valence-corrected chi connectivity index (χ0v) is 15.2. The Morgan fingerprint density at radius 3 is 2.11 bits per heavy atom. The third kappa shape index (κ3) is 5.40. The minimum absolute atomic E-state index is 0.245. The molecular formula is C20H19N3O3S. The maximum atomic E-state index is 12.7. The van der Waals surface area contributed by atoms with Crippen LogP contribution in [0, 0.1) is 0 Å². The fraction of sp³-hybridized carbons (Fsp3) is 0.0500. The van der Waals surface area contributed by atoms with Crippen molar-refractivity contribution in [3.8, 4) is 0 Å². The number of benzene rings is 3. The lowest BCUT2D eigenvalue weighted by atomic mass is 10.1. The molecule has 0 bridgehead atoms. The Morgan fingerprint density at radius 1 is 0.815 bits per heavy atom. The van der Waals surface area contributed by atoms with Gasteiger partial charge in [0.2, 0.25) is 10.0 Å². The number of para-hydroxylation sites is 2. The quantitative estimate of drug-likeness (QED) is 0.608. The van der Waals surface area contributed by atoms with Gasteiger partial charge in [-0.2, -0.15) is 0 Å². The lowest BCUT2D eigenvalue weighted by Crippen LogP contribution is -2.15. The van der Waals surface area contributed by atoms with Crippen LogP contribution in [0.4, 0.5) is 17.1 Å². The van der Waals surface area contributed by atoms with Crippen LogP contribution < -0.4 is 15.8 Å². The van der Waals surface area contributed by atoms with E-state index in [0.29, 0.717) is 22.5 Å². The first-order chi connectivity index (χ1) is 12.9. The van der Waals surface area contributed by atoms with Gasteiger partial charge in [0, 0.05) is 11.4 Å².